The van der Waals surface area contributed by atoms with Crippen LogP contribution in [0, 0.1) is 6.92 Å². The highest BCUT2D eigenvalue weighted by atomic mass is 16.5. The van der Waals surface area contributed by atoms with Gasteiger partial charge < -0.3 is 25.8 Å². The molecule has 2 aromatic heterocycles. The van der Waals surface area contributed by atoms with Crippen molar-refractivity contribution in [1.29, 1.82) is 0 Å². The van der Waals surface area contributed by atoms with E-state index < -0.39 is 6.03 Å². The average molecular weight is 464 g/mol. The van der Waals surface area contributed by atoms with E-state index in [1.807, 2.05) is 25.1 Å². The fourth-order valence-electron chi connectivity index (χ4n) is 3.68. The number of rotatable bonds is 9. The minimum absolute atomic E-state index is 0.429. The summed E-state index contributed by atoms with van der Waals surface area (Å²) in [5, 5.41) is 5.86. The number of nitrogens with zero attached hydrogens (tertiary/aromatic N) is 4. The molecule has 2 amide bonds. The van der Waals surface area contributed by atoms with Gasteiger partial charge >= 0.3 is 6.03 Å². The average Bonchev–Trinajstić information content (AvgIpc) is 2.84. The number of urea groups is 1. The number of benzene rings is 1. The standard InChI is InChI=1S/C24H29N7O3/c1-17-16-18(29-23(25)32)5-6-21(17)34-22-19(4-2-8-26-22)20-7-10-28-24(30-20)27-9-3-11-31-12-14-33-15-13-31/h2,4-8,10,16H,3,9,11-15H2,1H3,(H3,25,29,32)(H,27,28,30). The van der Waals surface area contributed by atoms with Gasteiger partial charge in [-0.05, 0) is 61.9 Å². The Bertz CT molecular complexity index is 1120. The molecule has 4 N–H and O–H groups in total. The van der Waals surface area contributed by atoms with E-state index in [0.717, 1.165) is 56.9 Å². The van der Waals surface area contributed by atoms with Crippen LogP contribution in [-0.4, -0.2) is 65.3 Å². The number of carbonyl (C=O) groups excluding carboxylic acids is 1. The van der Waals surface area contributed by atoms with Gasteiger partial charge in [0.25, 0.3) is 0 Å². The molecule has 0 spiro atoms. The first-order valence-corrected chi connectivity index (χ1v) is 11.3. The Morgan fingerprint density at radius 3 is 2.82 bits per heavy atom. The van der Waals surface area contributed by atoms with E-state index in [4.69, 9.17) is 15.2 Å². The number of ether oxygens (including phenoxy) is 2. The van der Waals surface area contributed by atoms with Crippen molar-refractivity contribution in [1.82, 2.24) is 19.9 Å². The SMILES string of the molecule is Cc1cc(NC(N)=O)ccc1Oc1ncccc1-c1ccnc(NCCCN2CCOCC2)n1. The zero-order valence-corrected chi connectivity index (χ0v) is 19.2. The van der Waals surface area contributed by atoms with E-state index >= 15 is 0 Å². The number of hydrogen-bond donors (Lipinski definition) is 3. The van der Waals surface area contributed by atoms with Crippen LogP contribution in [0.3, 0.4) is 0 Å². The molecule has 10 heteroatoms. The van der Waals surface area contributed by atoms with Gasteiger partial charge in [-0.25, -0.2) is 19.7 Å². The Kier molecular flexibility index (Phi) is 7.84. The fourth-order valence-corrected chi connectivity index (χ4v) is 3.68. The maximum absolute atomic E-state index is 11.1. The number of anilines is 2. The molecule has 0 unspecified atom stereocenters. The minimum Gasteiger partial charge on any atom is -0.438 e. The van der Waals surface area contributed by atoms with Gasteiger partial charge in [0.05, 0.1) is 24.5 Å². The molecule has 178 valence electrons. The van der Waals surface area contributed by atoms with Gasteiger partial charge in [-0.3, -0.25) is 4.90 Å². The summed E-state index contributed by atoms with van der Waals surface area (Å²) in [4.78, 5) is 26.9. The van der Waals surface area contributed by atoms with Crippen molar-refractivity contribution in [3.8, 4) is 22.9 Å². The molecule has 0 aliphatic carbocycles. The number of nitrogens with two attached hydrogens (primary N) is 1. The first-order valence-electron chi connectivity index (χ1n) is 11.3. The van der Waals surface area contributed by atoms with E-state index in [2.05, 4.69) is 30.5 Å². The molecule has 0 atom stereocenters. The van der Waals surface area contributed by atoms with Crippen molar-refractivity contribution in [2.45, 2.75) is 13.3 Å². The maximum atomic E-state index is 11.1. The van der Waals surface area contributed by atoms with E-state index in [1.54, 1.807) is 30.6 Å². The lowest BCUT2D eigenvalue weighted by molar-refractivity contribution is 0.0378. The first kappa shape index (κ1) is 23.4. The second-order valence-corrected chi connectivity index (χ2v) is 7.93. The number of carbonyl (C=O) groups is 1. The summed E-state index contributed by atoms with van der Waals surface area (Å²) in [6, 6.07) is 10.2. The maximum Gasteiger partial charge on any atom is 0.316 e. The molecule has 1 aromatic carbocycles. The number of hydrogen-bond acceptors (Lipinski definition) is 8. The second kappa shape index (κ2) is 11.4. The quantitative estimate of drug-likeness (QED) is 0.413. The molecule has 4 rings (SSSR count). The monoisotopic (exact) mass is 463 g/mol. The van der Waals surface area contributed by atoms with Crippen LogP contribution in [0.2, 0.25) is 0 Å². The van der Waals surface area contributed by atoms with Crippen LogP contribution in [0.4, 0.5) is 16.4 Å². The molecular formula is C24H29N7O3. The highest BCUT2D eigenvalue weighted by Gasteiger charge is 2.13. The summed E-state index contributed by atoms with van der Waals surface area (Å²) in [5.41, 5.74) is 8.07. The van der Waals surface area contributed by atoms with E-state index in [1.165, 1.54) is 0 Å². The summed E-state index contributed by atoms with van der Waals surface area (Å²) < 4.78 is 11.5. The summed E-state index contributed by atoms with van der Waals surface area (Å²) in [5.74, 6) is 1.61. The Hall–Kier alpha value is -3.76. The third kappa shape index (κ3) is 6.40. The Labute approximate surface area is 198 Å². The Morgan fingerprint density at radius 1 is 1.18 bits per heavy atom. The first-order chi connectivity index (χ1) is 16.6. The third-order valence-corrected chi connectivity index (χ3v) is 5.39. The van der Waals surface area contributed by atoms with Gasteiger partial charge in [0, 0.05) is 37.7 Å². The van der Waals surface area contributed by atoms with E-state index in [9.17, 15) is 4.79 Å². The lowest BCUT2D eigenvalue weighted by Crippen LogP contribution is -2.37. The van der Waals surface area contributed by atoms with Crippen molar-refractivity contribution >= 4 is 17.7 Å². The van der Waals surface area contributed by atoms with E-state index in [0.29, 0.717) is 29.0 Å². The lowest BCUT2D eigenvalue weighted by atomic mass is 10.2. The lowest BCUT2D eigenvalue weighted by Gasteiger charge is -2.26. The molecule has 10 nitrogen and oxygen atoms in total. The molecule has 0 bridgehead atoms. The van der Waals surface area contributed by atoms with Gasteiger partial charge in [0.15, 0.2) is 0 Å². The molecule has 3 aromatic rings. The van der Waals surface area contributed by atoms with Crippen LogP contribution in [0.5, 0.6) is 11.6 Å². The smallest absolute Gasteiger partial charge is 0.316 e. The van der Waals surface area contributed by atoms with Crippen molar-refractivity contribution in [2.75, 3.05) is 50.0 Å². The third-order valence-electron chi connectivity index (χ3n) is 5.39. The van der Waals surface area contributed by atoms with Crippen LogP contribution >= 0.6 is 0 Å². The largest absolute Gasteiger partial charge is 0.438 e. The number of aryl methyl sites for hydroxylation is 1. The molecule has 3 heterocycles. The molecule has 1 aliphatic rings. The highest BCUT2D eigenvalue weighted by molar-refractivity contribution is 5.88. The van der Waals surface area contributed by atoms with Gasteiger partial charge in [-0.2, -0.15) is 0 Å². The summed E-state index contributed by atoms with van der Waals surface area (Å²) in [6.45, 7) is 7.27. The molecule has 1 fully saturated rings. The van der Waals surface area contributed by atoms with Crippen LogP contribution in [0.1, 0.15) is 12.0 Å². The number of pyridine rings is 1. The normalized spacial score (nSPS) is 13.9. The van der Waals surface area contributed by atoms with E-state index in [-0.39, 0.29) is 0 Å². The molecule has 34 heavy (non-hydrogen) atoms. The minimum atomic E-state index is -0.616. The van der Waals surface area contributed by atoms with Gasteiger partial charge in [-0.1, -0.05) is 0 Å². The molecule has 1 aliphatic heterocycles. The Balaban J connectivity index is 1.42. The summed E-state index contributed by atoms with van der Waals surface area (Å²) >= 11 is 0. The van der Waals surface area contributed by atoms with Crippen molar-refractivity contribution in [3.63, 3.8) is 0 Å². The van der Waals surface area contributed by atoms with Gasteiger partial charge in [-0.15, -0.1) is 0 Å². The fraction of sp³-hybridized carbons (Fsp3) is 0.333. The zero-order valence-electron chi connectivity index (χ0n) is 19.2. The van der Waals surface area contributed by atoms with Gasteiger partial charge in [0.1, 0.15) is 5.75 Å². The number of nitrogens with one attached hydrogen (secondary N) is 2. The number of morpholine rings is 1. The van der Waals surface area contributed by atoms with Crippen molar-refractivity contribution in [2.24, 2.45) is 5.73 Å². The zero-order chi connectivity index (χ0) is 23.8. The molecule has 0 saturated carbocycles. The van der Waals surface area contributed by atoms with Gasteiger partial charge in [0.2, 0.25) is 11.8 Å². The molecular weight excluding hydrogens is 434 g/mol. The Morgan fingerprint density at radius 2 is 2.03 bits per heavy atom. The molecule has 0 radical (unpaired) electrons. The number of amides is 2. The van der Waals surface area contributed by atoms with Crippen LogP contribution < -0.4 is 21.1 Å². The van der Waals surface area contributed by atoms with Crippen molar-refractivity contribution < 1.29 is 14.3 Å². The predicted molar refractivity (Wildman–Crippen MR) is 130 cm³/mol. The van der Waals surface area contributed by atoms with Crippen LogP contribution in [-0.2, 0) is 4.74 Å². The molecule has 1 saturated heterocycles. The highest BCUT2D eigenvalue weighted by Crippen LogP contribution is 2.32. The topological polar surface area (TPSA) is 128 Å². The summed E-state index contributed by atoms with van der Waals surface area (Å²) in [6.07, 6.45) is 4.39. The predicted octanol–water partition coefficient (Wildman–Crippen LogP) is 3.26. The summed E-state index contributed by atoms with van der Waals surface area (Å²) in [7, 11) is 0. The number of primary amides is 1. The van der Waals surface area contributed by atoms with Crippen molar-refractivity contribution in [3.05, 3.63) is 54.4 Å². The van der Waals surface area contributed by atoms with Crippen LogP contribution in [0.15, 0.2) is 48.8 Å². The number of aromatic nitrogens is 3. The second-order valence-electron chi connectivity index (χ2n) is 7.93. The van der Waals surface area contributed by atoms with Crippen LogP contribution in [0.25, 0.3) is 11.3 Å².